The van der Waals surface area contributed by atoms with E-state index in [0.717, 1.165) is 28.9 Å². The Labute approximate surface area is 155 Å². The number of hydrogen-bond donors (Lipinski definition) is 3. The van der Waals surface area contributed by atoms with Crippen LogP contribution in [0.3, 0.4) is 0 Å². The smallest absolute Gasteiger partial charge is 0.307 e. The van der Waals surface area contributed by atoms with Crippen molar-refractivity contribution in [2.75, 3.05) is 6.61 Å². The number of rotatable bonds is 7. The number of hydrogen-bond acceptors (Lipinski definition) is 5. The van der Waals surface area contributed by atoms with Gasteiger partial charge in [-0.2, -0.15) is 0 Å². The first-order valence-corrected chi connectivity index (χ1v) is 9.26. The van der Waals surface area contributed by atoms with E-state index in [1.165, 1.54) is 5.56 Å². The molecule has 0 aliphatic carbocycles. The van der Waals surface area contributed by atoms with E-state index in [1.54, 1.807) is 0 Å². The van der Waals surface area contributed by atoms with Gasteiger partial charge in [-0.1, -0.05) is 54.7 Å². The molecule has 0 saturated carbocycles. The van der Waals surface area contributed by atoms with E-state index in [0.29, 0.717) is 17.0 Å². The molecular formula is C20H21NO4S. The maximum atomic E-state index is 11.2. The largest absolute Gasteiger partial charge is 0.494 e. The fourth-order valence-corrected chi connectivity index (χ4v) is 3.37. The summed E-state index contributed by atoms with van der Waals surface area (Å²) in [6.07, 6.45) is 0.758. The van der Waals surface area contributed by atoms with E-state index in [9.17, 15) is 15.0 Å². The van der Waals surface area contributed by atoms with E-state index >= 15 is 0 Å². The second-order valence-corrected chi connectivity index (χ2v) is 7.10. The molecule has 3 N–H and O–H groups in total. The minimum Gasteiger partial charge on any atom is -0.494 e. The summed E-state index contributed by atoms with van der Waals surface area (Å²) < 4.78 is 5.66. The molecule has 1 aromatic heterocycles. The summed E-state index contributed by atoms with van der Waals surface area (Å²) in [5.74, 6) is 0.585. The number of aryl methyl sites for hydroxylation is 1. The van der Waals surface area contributed by atoms with Gasteiger partial charge in [0.1, 0.15) is 18.5 Å². The standard InChI is InChI=1S/C20H21NO4S/c1-2-13-3-7-15(8-4-13)17(22)12-25-16-9-5-14(6-10-16)11-18-19(23)21-20(24)26-18/h3-10,17,22-23H,2,11-12H2,1H3,(H,21,24). The van der Waals surface area contributed by atoms with Crippen LogP contribution in [-0.4, -0.2) is 21.8 Å². The van der Waals surface area contributed by atoms with E-state index in [4.69, 9.17) is 4.74 Å². The molecule has 0 aliphatic heterocycles. The highest BCUT2D eigenvalue weighted by molar-refractivity contribution is 7.09. The Morgan fingerprint density at radius 2 is 1.73 bits per heavy atom. The first kappa shape index (κ1) is 18.2. The normalized spacial score (nSPS) is 12.1. The molecule has 1 heterocycles. The van der Waals surface area contributed by atoms with Gasteiger partial charge in [0.25, 0.3) is 0 Å². The number of aromatic hydroxyl groups is 1. The zero-order valence-corrected chi connectivity index (χ0v) is 15.3. The van der Waals surface area contributed by atoms with Gasteiger partial charge < -0.3 is 14.9 Å². The molecule has 5 nitrogen and oxygen atoms in total. The van der Waals surface area contributed by atoms with Crippen molar-refractivity contribution in [2.45, 2.75) is 25.9 Å². The summed E-state index contributed by atoms with van der Waals surface area (Å²) >= 11 is 1.00. The first-order chi connectivity index (χ1) is 12.5. The molecule has 0 fully saturated rings. The van der Waals surface area contributed by atoms with Crippen molar-refractivity contribution in [2.24, 2.45) is 0 Å². The fourth-order valence-electron chi connectivity index (χ4n) is 2.61. The molecule has 2 aromatic carbocycles. The fraction of sp³-hybridized carbons (Fsp3) is 0.250. The van der Waals surface area contributed by atoms with Crippen LogP contribution in [-0.2, 0) is 12.8 Å². The van der Waals surface area contributed by atoms with Crippen LogP contribution in [0.2, 0.25) is 0 Å². The summed E-state index contributed by atoms with van der Waals surface area (Å²) in [4.78, 5) is 13.9. The molecular weight excluding hydrogens is 350 g/mol. The average Bonchev–Trinajstić information content (AvgIpc) is 2.98. The van der Waals surface area contributed by atoms with Gasteiger partial charge in [-0.15, -0.1) is 0 Å². The third-order valence-electron chi connectivity index (χ3n) is 4.17. The predicted molar refractivity (Wildman–Crippen MR) is 102 cm³/mol. The minimum absolute atomic E-state index is 0.0717. The lowest BCUT2D eigenvalue weighted by Gasteiger charge is -2.13. The Balaban J connectivity index is 1.56. The van der Waals surface area contributed by atoms with Crippen LogP contribution >= 0.6 is 11.3 Å². The maximum Gasteiger partial charge on any atom is 0.307 e. The molecule has 0 radical (unpaired) electrons. The van der Waals surface area contributed by atoms with Crippen molar-refractivity contribution in [1.82, 2.24) is 4.98 Å². The first-order valence-electron chi connectivity index (χ1n) is 8.44. The van der Waals surface area contributed by atoms with Crippen LogP contribution in [0, 0.1) is 0 Å². The van der Waals surface area contributed by atoms with E-state index in [-0.39, 0.29) is 17.4 Å². The molecule has 0 saturated heterocycles. The molecule has 0 bridgehead atoms. The molecule has 3 aromatic rings. The number of thiazole rings is 1. The maximum absolute atomic E-state index is 11.2. The Hall–Kier alpha value is -2.57. The van der Waals surface area contributed by atoms with Gasteiger partial charge in [0, 0.05) is 6.42 Å². The van der Waals surface area contributed by atoms with Crippen LogP contribution < -0.4 is 9.61 Å². The number of nitrogens with one attached hydrogen (secondary N) is 1. The number of H-pyrrole nitrogens is 1. The predicted octanol–water partition coefficient (Wildman–Crippen LogP) is 3.41. The second kappa shape index (κ2) is 8.21. The van der Waals surface area contributed by atoms with Gasteiger partial charge in [0.05, 0.1) is 4.88 Å². The van der Waals surface area contributed by atoms with E-state index in [1.807, 2.05) is 48.5 Å². The van der Waals surface area contributed by atoms with Crippen molar-refractivity contribution in [3.05, 3.63) is 79.8 Å². The van der Waals surface area contributed by atoms with Crippen molar-refractivity contribution in [1.29, 1.82) is 0 Å². The van der Waals surface area contributed by atoms with E-state index in [2.05, 4.69) is 11.9 Å². The highest BCUT2D eigenvalue weighted by atomic mass is 32.1. The lowest BCUT2D eigenvalue weighted by molar-refractivity contribution is 0.108. The van der Waals surface area contributed by atoms with Crippen molar-refractivity contribution in [3.8, 4) is 11.6 Å². The van der Waals surface area contributed by atoms with Gasteiger partial charge in [0.15, 0.2) is 0 Å². The molecule has 26 heavy (non-hydrogen) atoms. The summed E-state index contributed by atoms with van der Waals surface area (Å²) in [5.41, 5.74) is 3.02. The van der Waals surface area contributed by atoms with Gasteiger partial charge in [0.2, 0.25) is 5.88 Å². The summed E-state index contributed by atoms with van der Waals surface area (Å²) in [7, 11) is 0. The van der Waals surface area contributed by atoms with Crippen LogP contribution in [0.15, 0.2) is 53.3 Å². The lowest BCUT2D eigenvalue weighted by Crippen LogP contribution is -2.09. The van der Waals surface area contributed by atoms with Crippen molar-refractivity contribution >= 4 is 11.3 Å². The van der Waals surface area contributed by atoms with Crippen LogP contribution in [0.4, 0.5) is 0 Å². The molecule has 6 heteroatoms. The zero-order chi connectivity index (χ0) is 18.5. The second-order valence-electron chi connectivity index (χ2n) is 6.03. The van der Waals surface area contributed by atoms with Crippen LogP contribution in [0.1, 0.15) is 34.6 Å². The molecule has 1 unspecified atom stereocenters. The Morgan fingerprint density at radius 1 is 1.08 bits per heavy atom. The summed E-state index contributed by atoms with van der Waals surface area (Å²) in [6, 6.07) is 15.2. The lowest BCUT2D eigenvalue weighted by atomic mass is 10.1. The molecule has 0 aliphatic rings. The molecule has 136 valence electrons. The average molecular weight is 371 g/mol. The molecule has 1 atom stereocenters. The van der Waals surface area contributed by atoms with Crippen LogP contribution in [0.5, 0.6) is 11.6 Å². The van der Waals surface area contributed by atoms with Crippen molar-refractivity contribution < 1.29 is 14.9 Å². The Kier molecular flexibility index (Phi) is 5.75. The molecule has 0 amide bonds. The Bertz CT molecular complexity index is 897. The van der Waals surface area contributed by atoms with Gasteiger partial charge in [-0.25, -0.2) is 0 Å². The quantitative estimate of drug-likeness (QED) is 0.594. The van der Waals surface area contributed by atoms with Crippen molar-refractivity contribution in [3.63, 3.8) is 0 Å². The van der Waals surface area contributed by atoms with Gasteiger partial charge >= 0.3 is 4.87 Å². The monoisotopic (exact) mass is 371 g/mol. The van der Waals surface area contributed by atoms with Gasteiger partial charge in [-0.3, -0.25) is 9.78 Å². The number of ether oxygens (including phenoxy) is 1. The number of benzene rings is 2. The zero-order valence-electron chi connectivity index (χ0n) is 14.4. The number of aromatic nitrogens is 1. The van der Waals surface area contributed by atoms with Crippen LogP contribution in [0.25, 0.3) is 0 Å². The highest BCUT2D eigenvalue weighted by Gasteiger charge is 2.10. The minimum atomic E-state index is -0.685. The number of aromatic amines is 1. The summed E-state index contributed by atoms with van der Waals surface area (Å²) in [6.45, 7) is 2.26. The van der Waals surface area contributed by atoms with Gasteiger partial charge in [-0.05, 0) is 35.2 Å². The summed E-state index contributed by atoms with van der Waals surface area (Å²) in [5, 5.41) is 19.9. The SMILES string of the molecule is CCc1ccc(C(O)COc2ccc(Cc3sc(=O)[nH]c3O)cc2)cc1. The topological polar surface area (TPSA) is 82.5 Å². The number of aliphatic hydroxyl groups is 1. The third-order valence-corrected chi connectivity index (χ3v) is 5.04. The number of aliphatic hydroxyl groups excluding tert-OH is 1. The molecule has 3 rings (SSSR count). The Morgan fingerprint density at radius 3 is 2.31 bits per heavy atom. The highest BCUT2D eigenvalue weighted by Crippen LogP contribution is 2.22. The molecule has 0 spiro atoms. The van der Waals surface area contributed by atoms with E-state index < -0.39 is 6.10 Å². The third kappa shape index (κ3) is 4.53.